The highest BCUT2D eigenvalue weighted by molar-refractivity contribution is 7.09. The number of thiazole rings is 1. The first-order valence-electron chi connectivity index (χ1n) is 9.47. The van der Waals surface area contributed by atoms with Crippen LogP contribution in [0.2, 0.25) is 0 Å². The summed E-state index contributed by atoms with van der Waals surface area (Å²) in [6.45, 7) is 2.33. The van der Waals surface area contributed by atoms with Crippen molar-refractivity contribution in [2.24, 2.45) is 0 Å². The molecule has 2 rings (SSSR count). The van der Waals surface area contributed by atoms with Crippen LogP contribution in [-0.4, -0.2) is 66.0 Å². The molecule has 11 heteroatoms. The van der Waals surface area contributed by atoms with Crippen molar-refractivity contribution in [1.29, 1.82) is 0 Å². The Balaban J connectivity index is 1.97. The molecule has 1 aromatic heterocycles. The zero-order chi connectivity index (χ0) is 23.0. The van der Waals surface area contributed by atoms with Gasteiger partial charge in [0.1, 0.15) is 11.9 Å². The fourth-order valence-electron chi connectivity index (χ4n) is 2.89. The van der Waals surface area contributed by atoms with E-state index in [-0.39, 0.29) is 37.9 Å². The van der Waals surface area contributed by atoms with E-state index in [1.807, 2.05) is 19.1 Å². The number of rotatable bonds is 11. The average Bonchev–Trinajstić information content (AvgIpc) is 3.23. The van der Waals surface area contributed by atoms with Gasteiger partial charge in [-0.2, -0.15) is 13.2 Å². The zero-order valence-electron chi connectivity index (χ0n) is 17.1. The molecule has 0 aliphatic rings. The van der Waals surface area contributed by atoms with Crippen molar-refractivity contribution < 1.29 is 37.7 Å². The Morgan fingerprint density at radius 1 is 1.26 bits per heavy atom. The molecular weight excluding hydrogens is 437 g/mol. The maximum atomic E-state index is 12.7. The highest BCUT2D eigenvalue weighted by Gasteiger charge is 2.35. The summed E-state index contributed by atoms with van der Waals surface area (Å²) < 4.78 is 48.0. The molecule has 0 bridgehead atoms. The van der Waals surface area contributed by atoms with Gasteiger partial charge in [-0.25, -0.2) is 9.78 Å². The van der Waals surface area contributed by atoms with Crippen LogP contribution in [0.3, 0.4) is 0 Å². The minimum Gasteiger partial charge on any atom is -0.482 e. The second-order valence-corrected chi connectivity index (χ2v) is 7.77. The summed E-state index contributed by atoms with van der Waals surface area (Å²) in [7, 11) is 1.27. The Bertz CT molecular complexity index is 829. The van der Waals surface area contributed by atoms with Gasteiger partial charge >= 0.3 is 12.1 Å². The molecule has 0 saturated heterocycles. The Morgan fingerprint density at radius 3 is 2.48 bits per heavy atom. The van der Waals surface area contributed by atoms with Gasteiger partial charge < -0.3 is 19.7 Å². The van der Waals surface area contributed by atoms with Gasteiger partial charge in [0.25, 0.3) is 0 Å². The van der Waals surface area contributed by atoms with Gasteiger partial charge in [0.05, 0.1) is 19.4 Å². The van der Waals surface area contributed by atoms with Crippen LogP contribution in [0, 0.1) is 0 Å². The number of alkyl halides is 3. The van der Waals surface area contributed by atoms with E-state index in [0.29, 0.717) is 23.6 Å². The van der Waals surface area contributed by atoms with Crippen molar-refractivity contribution >= 4 is 17.3 Å². The maximum Gasteiger partial charge on any atom is 0.443 e. The molecule has 0 aliphatic carbocycles. The molecule has 2 N–H and O–H groups in total. The standard InChI is InChI=1S/C20H25F3N2O5S/c1-13(14-3-5-15(6-4-14)30-11-18(28)29-2)9-25(7-8-26)10-17(27)16-12-31-19(24-16)20(21,22)23/h3-6,12-13,17,26-27H,7-11H2,1-2H3. The molecular formula is C20H25F3N2O5S. The molecule has 172 valence electrons. The van der Waals surface area contributed by atoms with E-state index in [1.54, 1.807) is 17.0 Å². The highest BCUT2D eigenvalue weighted by Crippen LogP contribution is 2.33. The molecule has 1 heterocycles. The number of carbonyl (C=O) groups excluding carboxylic acids is 1. The van der Waals surface area contributed by atoms with E-state index < -0.39 is 23.3 Å². The van der Waals surface area contributed by atoms with E-state index in [2.05, 4.69) is 9.72 Å². The van der Waals surface area contributed by atoms with E-state index in [1.165, 1.54) is 12.5 Å². The molecule has 7 nitrogen and oxygen atoms in total. The summed E-state index contributed by atoms with van der Waals surface area (Å²) in [5, 5.41) is 19.9. The van der Waals surface area contributed by atoms with Crippen LogP contribution in [0.25, 0.3) is 0 Å². The predicted octanol–water partition coefficient (Wildman–Crippen LogP) is 2.85. The number of hydrogen-bond acceptors (Lipinski definition) is 8. The topological polar surface area (TPSA) is 92.1 Å². The summed E-state index contributed by atoms with van der Waals surface area (Å²) in [4.78, 5) is 16.4. The molecule has 31 heavy (non-hydrogen) atoms. The van der Waals surface area contributed by atoms with Gasteiger partial charge in [0, 0.05) is 25.0 Å². The molecule has 2 unspecified atom stereocenters. The monoisotopic (exact) mass is 462 g/mol. The van der Waals surface area contributed by atoms with Crippen molar-refractivity contribution in [2.75, 3.05) is 40.0 Å². The summed E-state index contributed by atoms with van der Waals surface area (Å²) in [6.07, 6.45) is -5.76. The lowest BCUT2D eigenvalue weighted by atomic mass is 10.00. The lowest BCUT2D eigenvalue weighted by molar-refractivity contribution is -0.143. The Labute approximate surface area is 182 Å². The third-order valence-corrected chi connectivity index (χ3v) is 5.42. The van der Waals surface area contributed by atoms with Gasteiger partial charge in [-0.05, 0) is 23.6 Å². The SMILES string of the molecule is COC(=O)COc1ccc(C(C)CN(CCO)CC(O)c2csc(C(F)(F)F)n2)cc1. The first-order valence-corrected chi connectivity index (χ1v) is 10.4. The van der Waals surface area contributed by atoms with Gasteiger partial charge in [0.15, 0.2) is 11.6 Å². The van der Waals surface area contributed by atoms with Crippen LogP contribution in [0.5, 0.6) is 5.75 Å². The number of nitrogens with zero attached hydrogens (tertiary/aromatic N) is 2. The smallest absolute Gasteiger partial charge is 0.443 e. The molecule has 0 fully saturated rings. The summed E-state index contributed by atoms with van der Waals surface area (Å²) in [5.74, 6) is 0.0145. The van der Waals surface area contributed by atoms with Crippen LogP contribution < -0.4 is 4.74 Å². The number of esters is 1. The number of aromatic nitrogens is 1. The molecule has 0 radical (unpaired) electrons. The fourth-order valence-corrected chi connectivity index (χ4v) is 3.63. The van der Waals surface area contributed by atoms with Crippen molar-refractivity contribution in [3.8, 4) is 5.75 Å². The molecule has 0 aliphatic heterocycles. The van der Waals surface area contributed by atoms with Crippen molar-refractivity contribution in [3.05, 3.63) is 45.9 Å². The number of methoxy groups -OCH3 is 1. The van der Waals surface area contributed by atoms with Crippen molar-refractivity contribution in [2.45, 2.75) is 25.1 Å². The second-order valence-electron chi connectivity index (χ2n) is 6.91. The maximum absolute atomic E-state index is 12.7. The molecule has 0 spiro atoms. The average molecular weight is 462 g/mol. The quantitative estimate of drug-likeness (QED) is 0.496. The minimum absolute atomic E-state index is 0.00502. The number of aliphatic hydroxyl groups is 2. The first-order chi connectivity index (χ1) is 14.6. The molecule has 1 aromatic carbocycles. The Morgan fingerprint density at radius 2 is 1.94 bits per heavy atom. The van der Waals surface area contributed by atoms with Crippen molar-refractivity contribution in [1.82, 2.24) is 9.88 Å². The third-order valence-electron chi connectivity index (χ3n) is 4.52. The van der Waals surface area contributed by atoms with Crippen LogP contribution in [-0.2, 0) is 15.7 Å². The van der Waals surface area contributed by atoms with Gasteiger partial charge in [-0.3, -0.25) is 4.90 Å². The number of carbonyl (C=O) groups is 1. The first kappa shape index (κ1) is 25.1. The lowest BCUT2D eigenvalue weighted by Crippen LogP contribution is -2.34. The summed E-state index contributed by atoms with van der Waals surface area (Å²) >= 11 is 0.440. The fraction of sp³-hybridized carbons (Fsp3) is 0.500. The number of aliphatic hydroxyl groups excluding tert-OH is 2. The zero-order valence-corrected chi connectivity index (χ0v) is 17.9. The van der Waals surface area contributed by atoms with Crippen molar-refractivity contribution in [3.63, 3.8) is 0 Å². The molecule has 0 amide bonds. The van der Waals surface area contributed by atoms with Gasteiger partial charge in [-0.1, -0.05) is 19.1 Å². The number of halogens is 3. The predicted molar refractivity (Wildman–Crippen MR) is 108 cm³/mol. The normalized spacial score (nSPS) is 13.8. The van der Waals surface area contributed by atoms with Crippen LogP contribution in [0.15, 0.2) is 29.6 Å². The lowest BCUT2D eigenvalue weighted by Gasteiger charge is -2.27. The number of hydrogen-bond donors (Lipinski definition) is 2. The number of ether oxygens (including phenoxy) is 2. The number of benzene rings is 1. The molecule has 0 saturated carbocycles. The summed E-state index contributed by atoms with van der Waals surface area (Å²) in [5.41, 5.74) is 0.913. The van der Waals surface area contributed by atoms with Gasteiger partial charge in [0.2, 0.25) is 0 Å². The Hall–Kier alpha value is -2.21. The third kappa shape index (κ3) is 7.76. The van der Waals surface area contributed by atoms with Crippen LogP contribution >= 0.6 is 11.3 Å². The van der Waals surface area contributed by atoms with E-state index in [0.717, 1.165) is 5.56 Å². The van der Waals surface area contributed by atoms with Crippen LogP contribution in [0.1, 0.15) is 35.2 Å². The van der Waals surface area contributed by atoms with E-state index in [9.17, 15) is 28.2 Å². The van der Waals surface area contributed by atoms with Crippen LogP contribution in [0.4, 0.5) is 13.2 Å². The summed E-state index contributed by atoms with van der Waals surface area (Å²) in [6, 6.07) is 7.10. The molecule has 2 atom stereocenters. The van der Waals surface area contributed by atoms with E-state index in [4.69, 9.17) is 4.74 Å². The van der Waals surface area contributed by atoms with Gasteiger partial charge in [-0.15, -0.1) is 11.3 Å². The minimum atomic E-state index is -4.55. The van der Waals surface area contributed by atoms with E-state index >= 15 is 0 Å². The molecule has 2 aromatic rings. The highest BCUT2D eigenvalue weighted by atomic mass is 32.1. The Kier molecular flexibility index (Phi) is 9.23. The largest absolute Gasteiger partial charge is 0.482 e. The second kappa shape index (κ2) is 11.4.